The highest BCUT2D eigenvalue weighted by molar-refractivity contribution is 6.21. The Hall–Kier alpha value is -2.74. The van der Waals surface area contributed by atoms with Crippen molar-refractivity contribution in [1.29, 1.82) is 0 Å². The molecule has 0 bridgehead atoms. The Labute approximate surface area is 138 Å². The van der Waals surface area contributed by atoms with Crippen LogP contribution in [-0.4, -0.2) is 77.6 Å². The number of nitrogens with two attached hydrogens (primary N) is 1. The largest absolute Gasteiger partial charge is 0.368 e. The van der Waals surface area contributed by atoms with E-state index < -0.39 is 5.91 Å². The Kier molecular flexibility index (Phi) is 4.30. The van der Waals surface area contributed by atoms with Crippen molar-refractivity contribution >= 4 is 23.6 Å². The topological polar surface area (TPSA) is 104 Å². The first-order valence-corrected chi connectivity index (χ1v) is 7.71. The van der Waals surface area contributed by atoms with Crippen LogP contribution in [0.3, 0.4) is 0 Å². The minimum atomic E-state index is -0.539. The molecule has 8 heteroatoms. The van der Waals surface area contributed by atoms with E-state index in [0.717, 1.165) is 0 Å². The molecule has 24 heavy (non-hydrogen) atoms. The molecular formula is C16H18N4O4. The summed E-state index contributed by atoms with van der Waals surface area (Å²) in [4.78, 5) is 51.9. The molecule has 1 aromatic rings. The predicted molar refractivity (Wildman–Crippen MR) is 84.0 cm³/mol. The number of rotatable bonds is 5. The zero-order valence-electron chi connectivity index (χ0n) is 13.1. The van der Waals surface area contributed by atoms with E-state index in [9.17, 15) is 19.2 Å². The highest BCUT2D eigenvalue weighted by Crippen LogP contribution is 2.22. The van der Waals surface area contributed by atoms with Gasteiger partial charge in [0.25, 0.3) is 11.8 Å². The first kappa shape index (κ1) is 16.1. The number of carbonyl (C=O) groups is 4. The summed E-state index contributed by atoms with van der Waals surface area (Å²) in [5.74, 6) is -1.31. The zero-order valence-corrected chi connectivity index (χ0v) is 13.1. The number of nitrogens with zero attached hydrogens (tertiary/aromatic N) is 3. The van der Waals surface area contributed by atoms with Crippen LogP contribution in [0.4, 0.5) is 0 Å². The van der Waals surface area contributed by atoms with Gasteiger partial charge in [-0.15, -0.1) is 0 Å². The van der Waals surface area contributed by atoms with Crippen LogP contribution in [0.2, 0.25) is 0 Å². The second-order valence-electron chi connectivity index (χ2n) is 5.87. The molecule has 4 amide bonds. The van der Waals surface area contributed by atoms with Crippen LogP contribution in [0.25, 0.3) is 0 Å². The Morgan fingerprint density at radius 2 is 1.62 bits per heavy atom. The second-order valence-corrected chi connectivity index (χ2v) is 5.87. The van der Waals surface area contributed by atoms with Crippen LogP contribution in [-0.2, 0) is 9.59 Å². The summed E-state index contributed by atoms with van der Waals surface area (Å²) in [5.41, 5.74) is 5.95. The number of piperazine rings is 1. The molecule has 126 valence electrons. The van der Waals surface area contributed by atoms with Gasteiger partial charge in [0.05, 0.1) is 24.2 Å². The van der Waals surface area contributed by atoms with Gasteiger partial charge in [-0.25, -0.2) is 0 Å². The van der Waals surface area contributed by atoms with Crippen molar-refractivity contribution in [2.24, 2.45) is 5.73 Å². The molecular weight excluding hydrogens is 312 g/mol. The minimum Gasteiger partial charge on any atom is -0.368 e. The van der Waals surface area contributed by atoms with Gasteiger partial charge in [0, 0.05) is 26.2 Å². The first-order chi connectivity index (χ1) is 11.5. The molecule has 2 aliphatic heterocycles. The summed E-state index contributed by atoms with van der Waals surface area (Å²) in [6, 6.07) is 6.73. The van der Waals surface area contributed by atoms with Gasteiger partial charge < -0.3 is 10.6 Å². The third kappa shape index (κ3) is 3.00. The van der Waals surface area contributed by atoms with Gasteiger partial charge in [0.15, 0.2) is 0 Å². The van der Waals surface area contributed by atoms with Gasteiger partial charge in [-0.2, -0.15) is 0 Å². The highest BCUT2D eigenvalue weighted by atomic mass is 16.2. The van der Waals surface area contributed by atoms with Crippen LogP contribution in [0, 0.1) is 0 Å². The van der Waals surface area contributed by atoms with E-state index in [1.54, 1.807) is 24.3 Å². The standard InChI is InChI=1S/C16H18N4O4/c17-13(21)9-19-7-5-18(10-14(19)22)6-8-20-15(23)11-3-1-2-4-12(11)16(20)24/h1-4H,5-10H2,(H2,17,21). The Morgan fingerprint density at radius 1 is 1.00 bits per heavy atom. The summed E-state index contributed by atoms with van der Waals surface area (Å²) in [7, 11) is 0. The zero-order chi connectivity index (χ0) is 17.3. The molecule has 0 radical (unpaired) electrons. The fourth-order valence-electron chi connectivity index (χ4n) is 2.99. The number of carbonyl (C=O) groups excluding carboxylic acids is 4. The summed E-state index contributed by atoms with van der Waals surface area (Å²) >= 11 is 0. The van der Waals surface area contributed by atoms with Crippen molar-refractivity contribution in [3.05, 3.63) is 35.4 Å². The molecule has 0 aromatic heterocycles. The van der Waals surface area contributed by atoms with E-state index in [0.29, 0.717) is 30.8 Å². The Balaban J connectivity index is 1.56. The monoisotopic (exact) mass is 330 g/mol. The number of hydrogen-bond donors (Lipinski definition) is 1. The minimum absolute atomic E-state index is 0.0783. The molecule has 1 aromatic carbocycles. The summed E-state index contributed by atoms with van der Waals surface area (Å²) in [6.07, 6.45) is 0. The van der Waals surface area contributed by atoms with Crippen molar-refractivity contribution in [2.45, 2.75) is 0 Å². The Bertz CT molecular complexity index is 683. The molecule has 1 saturated heterocycles. The lowest BCUT2D eigenvalue weighted by Gasteiger charge is -2.34. The molecule has 0 atom stereocenters. The number of benzene rings is 1. The molecule has 2 heterocycles. The van der Waals surface area contributed by atoms with Crippen LogP contribution >= 0.6 is 0 Å². The molecule has 1 fully saturated rings. The van der Waals surface area contributed by atoms with E-state index in [1.807, 2.05) is 4.90 Å². The maximum absolute atomic E-state index is 12.3. The van der Waals surface area contributed by atoms with E-state index in [-0.39, 0.29) is 37.4 Å². The number of hydrogen-bond acceptors (Lipinski definition) is 5. The van der Waals surface area contributed by atoms with Crippen LogP contribution < -0.4 is 5.73 Å². The van der Waals surface area contributed by atoms with Gasteiger partial charge in [0.2, 0.25) is 11.8 Å². The quantitative estimate of drug-likeness (QED) is 0.691. The predicted octanol–water partition coefficient (Wildman–Crippen LogP) is -1.09. The van der Waals surface area contributed by atoms with Crippen molar-refractivity contribution in [1.82, 2.24) is 14.7 Å². The van der Waals surface area contributed by atoms with Crippen LogP contribution in [0.5, 0.6) is 0 Å². The average Bonchev–Trinajstić information content (AvgIpc) is 2.79. The maximum atomic E-state index is 12.3. The lowest BCUT2D eigenvalue weighted by atomic mass is 10.1. The highest BCUT2D eigenvalue weighted by Gasteiger charge is 2.35. The van der Waals surface area contributed by atoms with Crippen molar-refractivity contribution in [3.8, 4) is 0 Å². The van der Waals surface area contributed by atoms with Crippen molar-refractivity contribution in [3.63, 3.8) is 0 Å². The fraction of sp³-hybridized carbons (Fsp3) is 0.375. The van der Waals surface area contributed by atoms with E-state index >= 15 is 0 Å². The molecule has 0 saturated carbocycles. The van der Waals surface area contributed by atoms with E-state index in [4.69, 9.17) is 5.73 Å². The second kappa shape index (κ2) is 6.40. The van der Waals surface area contributed by atoms with Gasteiger partial charge >= 0.3 is 0 Å². The Morgan fingerprint density at radius 3 is 2.17 bits per heavy atom. The third-order valence-corrected chi connectivity index (χ3v) is 4.26. The number of imide groups is 1. The summed E-state index contributed by atoms with van der Waals surface area (Å²) in [5, 5.41) is 0. The van der Waals surface area contributed by atoms with Gasteiger partial charge in [-0.05, 0) is 12.1 Å². The first-order valence-electron chi connectivity index (χ1n) is 7.71. The number of fused-ring (bicyclic) bond motifs is 1. The molecule has 0 unspecified atom stereocenters. The normalized spacial score (nSPS) is 18.2. The van der Waals surface area contributed by atoms with Gasteiger partial charge in [-0.1, -0.05) is 12.1 Å². The lowest BCUT2D eigenvalue weighted by molar-refractivity contribution is -0.139. The SMILES string of the molecule is NC(=O)CN1CCN(CCN2C(=O)c3ccccc3C2=O)CC1=O. The fourth-order valence-corrected chi connectivity index (χ4v) is 2.99. The molecule has 0 aliphatic carbocycles. The number of amides is 4. The lowest BCUT2D eigenvalue weighted by Crippen LogP contribution is -2.53. The van der Waals surface area contributed by atoms with Gasteiger partial charge in [0.1, 0.15) is 0 Å². The molecule has 2 aliphatic rings. The molecule has 8 nitrogen and oxygen atoms in total. The van der Waals surface area contributed by atoms with E-state index in [2.05, 4.69) is 0 Å². The average molecular weight is 330 g/mol. The van der Waals surface area contributed by atoms with E-state index in [1.165, 1.54) is 9.80 Å². The summed E-state index contributed by atoms with van der Waals surface area (Å²) < 4.78 is 0. The summed E-state index contributed by atoms with van der Waals surface area (Å²) in [6.45, 7) is 1.70. The smallest absolute Gasteiger partial charge is 0.261 e. The third-order valence-electron chi connectivity index (χ3n) is 4.26. The maximum Gasteiger partial charge on any atom is 0.261 e. The molecule has 0 spiro atoms. The molecule has 2 N–H and O–H groups in total. The van der Waals surface area contributed by atoms with Crippen LogP contribution in [0.15, 0.2) is 24.3 Å². The van der Waals surface area contributed by atoms with Crippen LogP contribution in [0.1, 0.15) is 20.7 Å². The van der Waals surface area contributed by atoms with Gasteiger partial charge in [-0.3, -0.25) is 29.0 Å². The number of primary amides is 1. The molecule has 3 rings (SSSR count). The van der Waals surface area contributed by atoms with Crippen molar-refractivity contribution in [2.75, 3.05) is 39.3 Å². The van der Waals surface area contributed by atoms with Crippen molar-refractivity contribution < 1.29 is 19.2 Å².